The second-order valence-electron chi connectivity index (χ2n) is 5.09. The van der Waals surface area contributed by atoms with Crippen LogP contribution in [0, 0.1) is 5.41 Å². The van der Waals surface area contributed by atoms with E-state index in [1.54, 1.807) is 0 Å². The van der Waals surface area contributed by atoms with Gasteiger partial charge in [-0.15, -0.1) is 12.4 Å². The summed E-state index contributed by atoms with van der Waals surface area (Å²) in [5, 5.41) is 9.31. The molecule has 0 radical (unpaired) electrons. The number of ether oxygens (including phenoxy) is 1. The van der Waals surface area contributed by atoms with Crippen LogP contribution in [-0.4, -0.2) is 18.3 Å². The summed E-state index contributed by atoms with van der Waals surface area (Å²) in [5.41, 5.74) is 8.17. The molecule has 2 rings (SSSR count). The van der Waals surface area contributed by atoms with Gasteiger partial charge in [0.15, 0.2) is 0 Å². The number of hydrogen-bond acceptors (Lipinski definition) is 3. The molecule has 1 heterocycles. The van der Waals surface area contributed by atoms with Gasteiger partial charge in [0.25, 0.3) is 0 Å². The number of fused-ring (bicyclic) bond motifs is 1. The normalized spacial score (nSPS) is 15.8. The minimum absolute atomic E-state index is 0. The average Bonchev–Trinajstić information content (AvgIpc) is 2.74. The molecular weight excluding hydrogens is 238 g/mol. The van der Waals surface area contributed by atoms with E-state index in [1.807, 2.05) is 26.0 Å². The minimum atomic E-state index is -0.298. The molecule has 1 aliphatic rings. The van der Waals surface area contributed by atoms with Crippen LogP contribution in [-0.2, 0) is 6.42 Å². The predicted molar refractivity (Wildman–Crippen MR) is 70.7 cm³/mol. The number of hydrogen-bond donors (Lipinski definition) is 2. The molecule has 0 aliphatic carbocycles. The standard InChI is InChI=1S/C13H19NO2.ClH/c1-13(2,8-15)12(14)10-3-4-11-9(7-10)5-6-16-11;/h3-4,7,12,15H,5-6,8,14H2,1-2H3;1H/t12-;/m0./s1. The Hall–Kier alpha value is -0.770. The third-order valence-electron chi connectivity index (χ3n) is 3.32. The highest BCUT2D eigenvalue weighted by molar-refractivity contribution is 5.85. The Labute approximate surface area is 108 Å². The Morgan fingerprint density at radius 2 is 2.18 bits per heavy atom. The maximum Gasteiger partial charge on any atom is 0.122 e. The number of aliphatic hydroxyl groups excluding tert-OH is 1. The quantitative estimate of drug-likeness (QED) is 0.872. The highest BCUT2D eigenvalue weighted by Crippen LogP contribution is 2.34. The first kappa shape index (κ1) is 14.3. The number of nitrogens with two attached hydrogens (primary N) is 1. The fourth-order valence-electron chi connectivity index (χ4n) is 1.95. The molecule has 3 N–H and O–H groups in total. The van der Waals surface area contributed by atoms with Crippen molar-refractivity contribution in [3.8, 4) is 5.75 Å². The Balaban J connectivity index is 0.00000144. The van der Waals surface area contributed by atoms with Gasteiger partial charge in [-0.1, -0.05) is 26.0 Å². The topological polar surface area (TPSA) is 55.5 Å². The third kappa shape index (κ3) is 2.73. The van der Waals surface area contributed by atoms with E-state index in [0.29, 0.717) is 0 Å². The average molecular weight is 258 g/mol. The van der Waals surface area contributed by atoms with Crippen molar-refractivity contribution in [1.82, 2.24) is 0 Å². The van der Waals surface area contributed by atoms with Crippen molar-refractivity contribution in [2.24, 2.45) is 11.1 Å². The molecule has 96 valence electrons. The van der Waals surface area contributed by atoms with E-state index in [0.717, 1.165) is 24.3 Å². The van der Waals surface area contributed by atoms with Gasteiger partial charge in [0, 0.05) is 24.5 Å². The molecule has 0 fully saturated rings. The van der Waals surface area contributed by atoms with E-state index in [-0.39, 0.29) is 30.5 Å². The van der Waals surface area contributed by atoms with Crippen LogP contribution >= 0.6 is 12.4 Å². The minimum Gasteiger partial charge on any atom is -0.493 e. The summed E-state index contributed by atoms with van der Waals surface area (Å²) in [7, 11) is 0. The molecule has 0 saturated carbocycles. The summed E-state index contributed by atoms with van der Waals surface area (Å²) >= 11 is 0. The Bertz CT molecular complexity index is 393. The lowest BCUT2D eigenvalue weighted by molar-refractivity contribution is 0.132. The van der Waals surface area contributed by atoms with Crippen molar-refractivity contribution < 1.29 is 9.84 Å². The van der Waals surface area contributed by atoms with E-state index >= 15 is 0 Å². The molecule has 3 nitrogen and oxygen atoms in total. The zero-order chi connectivity index (χ0) is 11.8. The lowest BCUT2D eigenvalue weighted by Crippen LogP contribution is -2.32. The first-order valence-electron chi connectivity index (χ1n) is 5.66. The van der Waals surface area contributed by atoms with E-state index in [1.165, 1.54) is 5.56 Å². The Morgan fingerprint density at radius 1 is 1.47 bits per heavy atom. The molecule has 0 amide bonds. The summed E-state index contributed by atoms with van der Waals surface area (Å²) in [5.74, 6) is 0.970. The van der Waals surface area contributed by atoms with Gasteiger partial charge < -0.3 is 15.6 Å². The van der Waals surface area contributed by atoms with Gasteiger partial charge in [-0.05, 0) is 17.2 Å². The van der Waals surface area contributed by atoms with Crippen LogP contribution in [0.1, 0.15) is 31.0 Å². The third-order valence-corrected chi connectivity index (χ3v) is 3.32. The first-order valence-corrected chi connectivity index (χ1v) is 5.66. The molecule has 0 saturated heterocycles. The first-order chi connectivity index (χ1) is 7.54. The lowest BCUT2D eigenvalue weighted by Gasteiger charge is -2.30. The van der Waals surface area contributed by atoms with Crippen molar-refractivity contribution >= 4 is 12.4 Å². The van der Waals surface area contributed by atoms with Crippen LogP contribution < -0.4 is 10.5 Å². The zero-order valence-corrected chi connectivity index (χ0v) is 11.1. The van der Waals surface area contributed by atoms with E-state index in [2.05, 4.69) is 6.07 Å². The molecule has 1 aromatic carbocycles. The highest BCUT2D eigenvalue weighted by Gasteiger charge is 2.27. The zero-order valence-electron chi connectivity index (χ0n) is 10.3. The molecule has 1 aromatic rings. The van der Waals surface area contributed by atoms with Crippen LogP contribution in [0.4, 0.5) is 0 Å². The number of halogens is 1. The molecule has 4 heteroatoms. The maximum absolute atomic E-state index is 9.31. The van der Waals surface area contributed by atoms with Crippen molar-refractivity contribution in [3.63, 3.8) is 0 Å². The van der Waals surface area contributed by atoms with Gasteiger partial charge in [-0.2, -0.15) is 0 Å². The molecule has 0 spiro atoms. The van der Waals surface area contributed by atoms with Gasteiger partial charge in [0.1, 0.15) is 5.75 Å². The maximum atomic E-state index is 9.31. The Morgan fingerprint density at radius 3 is 2.82 bits per heavy atom. The Kier molecular flexibility index (Phi) is 4.42. The summed E-state index contributed by atoms with van der Waals surface area (Å²) in [6.45, 7) is 4.79. The van der Waals surface area contributed by atoms with Gasteiger partial charge in [-0.3, -0.25) is 0 Å². The van der Waals surface area contributed by atoms with Crippen molar-refractivity contribution in [2.75, 3.05) is 13.2 Å². The van der Waals surface area contributed by atoms with Crippen LogP contribution in [0.2, 0.25) is 0 Å². The highest BCUT2D eigenvalue weighted by atomic mass is 35.5. The lowest BCUT2D eigenvalue weighted by atomic mass is 9.81. The van der Waals surface area contributed by atoms with Crippen LogP contribution in [0.3, 0.4) is 0 Å². The monoisotopic (exact) mass is 257 g/mol. The van der Waals surface area contributed by atoms with E-state index in [9.17, 15) is 5.11 Å². The van der Waals surface area contributed by atoms with Gasteiger partial charge in [0.2, 0.25) is 0 Å². The van der Waals surface area contributed by atoms with E-state index < -0.39 is 0 Å². The fraction of sp³-hybridized carbons (Fsp3) is 0.538. The number of aliphatic hydroxyl groups is 1. The molecule has 0 unspecified atom stereocenters. The van der Waals surface area contributed by atoms with Crippen LogP contribution in [0.15, 0.2) is 18.2 Å². The molecule has 1 aliphatic heterocycles. The van der Waals surface area contributed by atoms with Crippen LogP contribution in [0.25, 0.3) is 0 Å². The van der Waals surface area contributed by atoms with Gasteiger partial charge >= 0.3 is 0 Å². The van der Waals surface area contributed by atoms with Gasteiger partial charge in [-0.25, -0.2) is 0 Å². The summed E-state index contributed by atoms with van der Waals surface area (Å²) in [6.07, 6.45) is 0.954. The molecule has 0 aromatic heterocycles. The summed E-state index contributed by atoms with van der Waals surface area (Å²) < 4.78 is 5.45. The molecular formula is C13H20ClNO2. The molecule has 17 heavy (non-hydrogen) atoms. The second-order valence-corrected chi connectivity index (χ2v) is 5.09. The van der Waals surface area contributed by atoms with Gasteiger partial charge in [0.05, 0.1) is 6.61 Å². The molecule has 0 bridgehead atoms. The smallest absolute Gasteiger partial charge is 0.122 e. The fourth-order valence-corrected chi connectivity index (χ4v) is 1.95. The predicted octanol–water partition coefficient (Wildman–Crippen LogP) is 2.06. The SMILES string of the molecule is CC(C)(CO)[C@@H](N)c1ccc2c(c1)CCO2.Cl. The summed E-state index contributed by atoms with van der Waals surface area (Å²) in [4.78, 5) is 0. The van der Waals surface area contributed by atoms with Crippen LogP contribution in [0.5, 0.6) is 5.75 Å². The number of benzene rings is 1. The number of rotatable bonds is 3. The summed E-state index contributed by atoms with van der Waals surface area (Å²) in [6, 6.07) is 5.92. The molecule has 1 atom stereocenters. The van der Waals surface area contributed by atoms with Crippen molar-refractivity contribution in [3.05, 3.63) is 29.3 Å². The van der Waals surface area contributed by atoms with Crippen molar-refractivity contribution in [2.45, 2.75) is 26.3 Å². The largest absolute Gasteiger partial charge is 0.493 e. The van der Waals surface area contributed by atoms with Crippen molar-refractivity contribution in [1.29, 1.82) is 0 Å². The second kappa shape index (κ2) is 5.25. The van der Waals surface area contributed by atoms with E-state index in [4.69, 9.17) is 10.5 Å².